The summed E-state index contributed by atoms with van der Waals surface area (Å²) in [5.74, 6) is 0.0948. The van der Waals surface area contributed by atoms with Crippen molar-refractivity contribution < 1.29 is 18.7 Å². The van der Waals surface area contributed by atoms with Gasteiger partial charge in [0.05, 0.1) is 19.0 Å². The summed E-state index contributed by atoms with van der Waals surface area (Å²) < 4.78 is 17.6. The molecular formula is C20H15ClN4O4. The zero-order valence-electron chi connectivity index (χ0n) is 15.3. The molecule has 4 aromatic rings. The predicted octanol–water partition coefficient (Wildman–Crippen LogP) is 3.94. The first-order valence-corrected chi connectivity index (χ1v) is 8.96. The van der Waals surface area contributed by atoms with Crippen molar-refractivity contribution >= 4 is 17.6 Å². The molecule has 9 heteroatoms. The smallest absolute Gasteiger partial charge is 0.363 e. The first-order chi connectivity index (χ1) is 14.1. The Kier molecular flexibility index (Phi) is 5.26. The minimum Gasteiger partial charge on any atom is -0.493 e. The number of carbonyl (C=O) groups excluding carboxylic acids is 1. The van der Waals surface area contributed by atoms with Gasteiger partial charge in [0.15, 0.2) is 12.4 Å². The third-order valence-corrected chi connectivity index (χ3v) is 4.25. The van der Waals surface area contributed by atoms with E-state index in [4.69, 9.17) is 25.5 Å². The van der Waals surface area contributed by atoms with Gasteiger partial charge in [-0.1, -0.05) is 29.8 Å². The van der Waals surface area contributed by atoms with Crippen molar-refractivity contribution in [3.8, 4) is 22.9 Å². The number of hydrogen-bond acceptors (Lipinski definition) is 7. The summed E-state index contributed by atoms with van der Waals surface area (Å²) in [6.45, 7) is -0.194. The number of nitrogens with zero attached hydrogens (tertiary/aromatic N) is 4. The molecule has 0 bridgehead atoms. The minimum atomic E-state index is -0.664. The number of rotatable bonds is 6. The maximum absolute atomic E-state index is 12.5. The number of ether oxygens (including phenoxy) is 2. The summed E-state index contributed by atoms with van der Waals surface area (Å²) in [5.41, 5.74) is 1.55. The SMILES string of the molecule is COc1cn(-c2ccccc2)nc1C(=O)OCc1nnc(-c2ccc(Cl)cc2)o1. The summed E-state index contributed by atoms with van der Waals surface area (Å²) in [6, 6.07) is 16.3. The highest BCUT2D eigenvalue weighted by molar-refractivity contribution is 6.30. The molecule has 0 aliphatic heterocycles. The van der Waals surface area contributed by atoms with Crippen molar-refractivity contribution in [1.29, 1.82) is 0 Å². The number of methoxy groups -OCH3 is 1. The molecule has 8 nitrogen and oxygen atoms in total. The van der Waals surface area contributed by atoms with E-state index in [0.29, 0.717) is 22.2 Å². The zero-order chi connectivity index (χ0) is 20.2. The second-order valence-electron chi connectivity index (χ2n) is 5.91. The molecule has 2 heterocycles. The fourth-order valence-electron chi connectivity index (χ4n) is 2.58. The lowest BCUT2D eigenvalue weighted by Crippen LogP contribution is -2.08. The molecule has 2 aromatic carbocycles. The van der Waals surface area contributed by atoms with Crippen LogP contribution in [-0.4, -0.2) is 33.1 Å². The second-order valence-corrected chi connectivity index (χ2v) is 6.35. The average Bonchev–Trinajstić information content (AvgIpc) is 3.40. The van der Waals surface area contributed by atoms with Crippen LogP contribution in [0, 0.1) is 0 Å². The van der Waals surface area contributed by atoms with Gasteiger partial charge in [-0.3, -0.25) is 0 Å². The number of aromatic nitrogens is 4. The van der Waals surface area contributed by atoms with E-state index in [9.17, 15) is 4.79 Å². The fraction of sp³-hybridized carbons (Fsp3) is 0.100. The highest BCUT2D eigenvalue weighted by Crippen LogP contribution is 2.22. The van der Waals surface area contributed by atoms with Gasteiger partial charge in [-0.05, 0) is 36.4 Å². The zero-order valence-corrected chi connectivity index (χ0v) is 16.0. The first kappa shape index (κ1) is 18.7. The molecule has 0 atom stereocenters. The van der Waals surface area contributed by atoms with E-state index in [1.807, 2.05) is 30.3 Å². The fourth-order valence-corrected chi connectivity index (χ4v) is 2.70. The van der Waals surface area contributed by atoms with Crippen LogP contribution in [0.4, 0.5) is 0 Å². The number of esters is 1. The number of hydrogen-bond donors (Lipinski definition) is 0. The lowest BCUT2D eigenvalue weighted by Gasteiger charge is -2.01. The molecule has 0 aliphatic carbocycles. The Morgan fingerprint density at radius 1 is 1.10 bits per heavy atom. The van der Waals surface area contributed by atoms with Crippen LogP contribution in [0.3, 0.4) is 0 Å². The molecule has 0 unspecified atom stereocenters. The highest BCUT2D eigenvalue weighted by atomic mass is 35.5. The van der Waals surface area contributed by atoms with Crippen molar-refractivity contribution in [3.05, 3.63) is 77.4 Å². The molecule has 29 heavy (non-hydrogen) atoms. The van der Waals surface area contributed by atoms with E-state index in [-0.39, 0.29) is 18.2 Å². The van der Waals surface area contributed by atoms with Crippen molar-refractivity contribution in [2.45, 2.75) is 6.61 Å². The Morgan fingerprint density at radius 3 is 2.59 bits per heavy atom. The molecule has 0 amide bonds. The van der Waals surface area contributed by atoms with E-state index >= 15 is 0 Å². The molecule has 0 saturated carbocycles. The van der Waals surface area contributed by atoms with Gasteiger partial charge in [0.25, 0.3) is 5.89 Å². The number of benzene rings is 2. The van der Waals surface area contributed by atoms with Gasteiger partial charge < -0.3 is 13.9 Å². The van der Waals surface area contributed by atoms with Crippen molar-refractivity contribution in [3.63, 3.8) is 0 Å². The van der Waals surface area contributed by atoms with Gasteiger partial charge in [-0.25, -0.2) is 9.48 Å². The van der Waals surface area contributed by atoms with E-state index < -0.39 is 5.97 Å². The van der Waals surface area contributed by atoms with Crippen LogP contribution < -0.4 is 4.74 Å². The molecule has 146 valence electrons. The van der Waals surface area contributed by atoms with Crippen LogP contribution in [0.15, 0.2) is 65.2 Å². The van der Waals surface area contributed by atoms with Gasteiger partial charge in [0, 0.05) is 10.6 Å². The minimum absolute atomic E-state index is 0.0498. The van der Waals surface area contributed by atoms with Crippen LogP contribution in [0.25, 0.3) is 17.1 Å². The Labute approximate surface area is 170 Å². The monoisotopic (exact) mass is 410 g/mol. The number of para-hydroxylation sites is 1. The standard InChI is InChI=1S/C20H15ClN4O4/c1-27-16-11-25(15-5-3-2-4-6-15)24-18(16)20(26)28-12-17-22-23-19(29-17)13-7-9-14(21)10-8-13/h2-11H,12H2,1H3. The molecule has 4 rings (SSSR count). The molecular weight excluding hydrogens is 396 g/mol. The van der Waals surface area contributed by atoms with E-state index in [1.54, 1.807) is 35.1 Å². The average molecular weight is 411 g/mol. The van der Waals surface area contributed by atoms with Crippen LogP contribution in [0.5, 0.6) is 5.75 Å². The van der Waals surface area contributed by atoms with Crippen molar-refractivity contribution in [2.75, 3.05) is 7.11 Å². The Morgan fingerprint density at radius 2 is 1.86 bits per heavy atom. The Bertz CT molecular complexity index is 1120. The van der Waals surface area contributed by atoms with Gasteiger partial charge in [0.2, 0.25) is 11.6 Å². The number of carbonyl (C=O) groups is 1. The Hall–Kier alpha value is -3.65. The molecule has 2 aromatic heterocycles. The van der Waals surface area contributed by atoms with Crippen LogP contribution in [-0.2, 0) is 11.3 Å². The van der Waals surface area contributed by atoms with Crippen molar-refractivity contribution in [1.82, 2.24) is 20.0 Å². The van der Waals surface area contributed by atoms with E-state index in [2.05, 4.69) is 15.3 Å². The van der Waals surface area contributed by atoms with Gasteiger partial charge in [-0.2, -0.15) is 5.10 Å². The van der Waals surface area contributed by atoms with Gasteiger partial charge >= 0.3 is 5.97 Å². The van der Waals surface area contributed by atoms with Crippen LogP contribution in [0.1, 0.15) is 16.4 Å². The lowest BCUT2D eigenvalue weighted by molar-refractivity contribution is 0.0427. The third kappa shape index (κ3) is 4.12. The Balaban J connectivity index is 1.46. The molecule has 0 N–H and O–H groups in total. The molecule has 0 fully saturated rings. The molecule has 0 saturated heterocycles. The lowest BCUT2D eigenvalue weighted by atomic mass is 10.2. The summed E-state index contributed by atoms with van der Waals surface area (Å²) in [7, 11) is 1.46. The summed E-state index contributed by atoms with van der Waals surface area (Å²) in [4.78, 5) is 12.5. The summed E-state index contributed by atoms with van der Waals surface area (Å²) >= 11 is 5.87. The molecule has 0 aliphatic rings. The second kappa shape index (κ2) is 8.15. The maximum Gasteiger partial charge on any atom is 0.363 e. The van der Waals surface area contributed by atoms with Crippen LogP contribution in [0.2, 0.25) is 5.02 Å². The molecule has 0 radical (unpaired) electrons. The van der Waals surface area contributed by atoms with Gasteiger partial charge in [-0.15, -0.1) is 10.2 Å². The normalized spacial score (nSPS) is 10.7. The van der Waals surface area contributed by atoms with Crippen molar-refractivity contribution in [2.24, 2.45) is 0 Å². The number of halogens is 1. The van der Waals surface area contributed by atoms with Crippen LogP contribution >= 0.6 is 11.6 Å². The highest BCUT2D eigenvalue weighted by Gasteiger charge is 2.21. The maximum atomic E-state index is 12.5. The summed E-state index contributed by atoms with van der Waals surface area (Å²) in [5, 5.41) is 12.7. The topological polar surface area (TPSA) is 92.3 Å². The van der Waals surface area contributed by atoms with E-state index in [1.165, 1.54) is 7.11 Å². The quantitative estimate of drug-likeness (QED) is 0.444. The van der Waals surface area contributed by atoms with Gasteiger partial charge in [0.1, 0.15) is 0 Å². The third-order valence-electron chi connectivity index (χ3n) is 4.00. The molecule has 0 spiro atoms. The predicted molar refractivity (Wildman–Crippen MR) is 104 cm³/mol. The summed E-state index contributed by atoms with van der Waals surface area (Å²) in [6.07, 6.45) is 1.61. The largest absolute Gasteiger partial charge is 0.493 e. The van der Waals surface area contributed by atoms with E-state index in [0.717, 1.165) is 5.69 Å². The first-order valence-electron chi connectivity index (χ1n) is 8.58.